The van der Waals surface area contributed by atoms with Gasteiger partial charge in [-0.3, -0.25) is 0 Å². The van der Waals surface area contributed by atoms with Crippen LogP contribution in [0, 0.1) is 0 Å². The average molecular weight is 299 g/mol. The van der Waals surface area contributed by atoms with E-state index in [0.29, 0.717) is 24.3 Å². The first-order valence-electron chi connectivity index (χ1n) is 6.56. The van der Waals surface area contributed by atoms with Crippen molar-refractivity contribution in [3.05, 3.63) is 29.8 Å². The summed E-state index contributed by atoms with van der Waals surface area (Å²) >= 11 is 0. The Bertz CT molecular complexity index is 535. The van der Waals surface area contributed by atoms with E-state index in [1.807, 2.05) is 19.1 Å². The monoisotopic (exact) mass is 299 g/mol. The first-order valence-corrected chi connectivity index (χ1v) is 8.38. The van der Waals surface area contributed by atoms with E-state index >= 15 is 0 Å². The van der Waals surface area contributed by atoms with Crippen LogP contribution >= 0.6 is 0 Å². The zero-order valence-corrected chi connectivity index (χ0v) is 12.7. The summed E-state index contributed by atoms with van der Waals surface area (Å²) in [6.07, 6.45) is 1.20. The molecule has 6 heteroatoms. The number of hydrogen-bond donors (Lipinski definition) is 1. The maximum absolute atomic E-state index is 11.5. The van der Waals surface area contributed by atoms with Crippen molar-refractivity contribution in [3.63, 3.8) is 0 Å². The Kier molecular flexibility index (Phi) is 6.51. The standard InChI is InChI=1S/C14H21NO4S/c1-3-9-20(17,18)10-8-19-14-6-4-13(5-7-14)11-12(2)15-16/h4-7,16H,3,8-11H2,1-2H3/b15-12+. The third-order valence-electron chi connectivity index (χ3n) is 2.73. The Morgan fingerprint density at radius 3 is 2.45 bits per heavy atom. The molecule has 0 amide bonds. The largest absolute Gasteiger partial charge is 0.493 e. The summed E-state index contributed by atoms with van der Waals surface area (Å²) < 4.78 is 28.4. The van der Waals surface area contributed by atoms with E-state index in [1.54, 1.807) is 19.1 Å². The van der Waals surface area contributed by atoms with Gasteiger partial charge in [-0.2, -0.15) is 0 Å². The number of nitrogens with zero attached hydrogens (tertiary/aromatic N) is 1. The summed E-state index contributed by atoms with van der Waals surface area (Å²) in [6, 6.07) is 7.30. The van der Waals surface area contributed by atoms with Crippen molar-refractivity contribution in [2.75, 3.05) is 18.1 Å². The van der Waals surface area contributed by atoms with Gasteiger partial charge in [0.25, 0.3) is 0 Å². The van der Waals surface area contributed by atoms with Gasteiger partial charge in [0.05, 0.1) is 17.2 Å². The Morgan fingerprint density at radius 1 is 1.25 bits per heavy atom. The molecular formula is C14H21NO4S. The van der Waals surface area contributed by atoms with Crippen molar-refractivity contribution in [1.82, 2.24) is 0 Å². The molecule has 0 bridgehead atoms. The van der Waals surface area contributed by atoms with Crippen LogP contribution in [0.3, 0.4) is 0 Å². The second kappa shape index (κ2) is 7.89. The maximum atomic E-state index is 11.5. The molecule has 0 unspecified atom stereocenters. The van der Waals surface area contributed by atoms with Crippen molar-refractivity contribution < 1.29 is 18.4 Å². The third-order valence-corrected chi connectivity index (χ3v) is 4.55. The number of hydrogen-bond acceptors (Lipinski definition) is 5. The molecule has 0 aromatic heterocycles. The second-order valence-corrected chi connectivity index (χ2v) is 6.96. The van der Waals surface area contributed by atoms with Gasteiger partial charge in [0, 0.05) is 6.42 Å². The number of sulfone groups is 1. The van der Waals surface area contributed by atoms with Crippen molar-refractivity contribution in [2.45, 2.75) is 26.7 Å². The SMILES string of the molecule is CCCS(=O)(=O)CCOc1ccc(C/C(C)=N/O)cc1. The van der Waals surface area contributed by atoms with Gasteiger partial charge < -0.3 is 9.94 Å². The molecule has 0 saturated heterocycles. The lowest BCUT2D eigenvalue weighted by atomic mass is 10.1. The summed E-state index contributed by atoms with van der Waals surface area (Å²) in [5.74, 6) is 0.882. The molecule has 0 aliphatic heterocycles. The fourth-order valence-electron chi connectivity index (χ4n) is 1.73. The average Bonchev–Trinajstić information content (AvgIpc) is 2.40. The minimum Gasteiger partial charge on any atom is -0.493 e. The van der Waals surface area contributed by atoms with Crippen LogP contribution in [0.4, 0.5) is 0 Å². The van der Waals surface area contributed by atoms with Crippen LogP contribution in [0.5, 0.6) is 5.75 Å². The zero-order valence-electron chi connectivity index (χ0n) is 11.9. The van der Waals surface area contributed by atoms with E-state index in [-0.39, 0.29) is 18.1 Å². The lowest BCUT2D eigenvalue weighted by Crippen LogP contribution is -2.16. The molecular weight excluding hydrogens is 278 g/mol. The summed E-state index contributed by atoms with van der Waals surface area (Å²) in [6.45, 7) is 3.75. The first-order chi connectivity index (χ1) is 9.46. The quantitative estimate of drug-likeness (QED) is 0.454. The van der Waals surface area contributed by atoms with Crippen LogP contribution in [0.15, 0.2) is 29.4 Å². The van der Waals surface area contributed by atoms with Crippen LogP contribution in [0.2, 0.25) is 0 Å². The van der Waals surface area contributed by atoms with E-state index in [4.69, 9.17) is 9.94 Å². The van der Waals surface area contributed by atoms with Crippen LogP contribution in [-0.4, -0.2) is 37.4 Å². The fraction of sp³-hybridized carbons (Fsp3) is 0.500. The molecule has 0 saturated carbocycles. The third kappa shape index (κ3) is 6.06. The summed E-state index contributed by atoms with van der Waals surface area (Å²) in [7, 11) is -3.00. The number of ether oxygens (including phenoxy) is 1. The molecule has 1 N–H and O–H groups in total. The van der Waals surface area contributed by atoms with Gasteiger partial charge in [0.15, 0.2) is 9.84 Å². The van der Waals surface area contributed by atoms with Gasteiger partial charge in [0.2, 0.25) is 0 Å². The summed E-state index contributed by atoms with van der Waals surface area (Å²) in [5, 5.41) is 11.7. The molecule has 0 spiro atoms. The first kappa shape index (κ1) is 16.5. The topological polar surface area (TPSA) is 76.0 Å². The molecule has 0 aliphatic carbocycles. The van der Waals surface area contributed by atoms with Crippen molar-refractivity contribution >= 4 is 15.5 Å². The molecule has 5 nitrogen and oxygen atoms in total. The van der Waals surface area contributed by atoms with E-state index < -0.39 is 9.84 Å². The Balaban J connectivity index is 2.46. The van der Waals surface area contributed by atoms with Gasteiger partial charge >= 0.3 is 0 Å². The number of rotatable bonds is 8. The molecule has 1 aromatic rings. The predicted molar refractivity (Wildman–Crippen MR) is 79.5 cm³/mol. The highest BCUT2D eigenvalue weighted by Gasteiger charge is 2.09. The van der Waals surface area contributed by atoms with Crippen molar-refractivity contribution in [3.8, 4) is 5.75 Å². The lowest BCUT2D eigenvalue weighted by Gasteiger charge is -2.07. The molecule has 0 radical (unpaired) electrons. The molecule has 0 atom stereocenters. The molecule has 0 heterocycles. The summed E-state index contributed by atoms with van der Waals surface area (Å²) in [4.78, 5) is 0. The van der Waals surface area contributed by atoms with Gasteiger partial charge in [-0.05, 0) is 31.0 Å². The molecule has 1 aromatic carbocycles. The van der Waals surface area contributed by atoms with Crippen LogP contribution in [0.1, 0.15) is 25.8 Å². The smallest absolute Gasteiger partial charge is 0.153 e. The normalized spacial score (nSPS) is 12.4. The lowest BCUT2D eigenvalue weighted by molar-refractivity contribution is 0.317. The highest BCUT2D eigenvalue weighted by atomic mass is 32.2. The van der Waals surface area contributed by atoms with E-state index in [0.717, 1.165) is 5.56 Å². The molecule has 20 heavy (non-hydrogen) atoms. The highest BCUT2D eigenvalue weighted by molar-refractivity contribution is 7.91. The molecule has 112 valence electrons. The molecule has 1 rings (SSSR count). The Labute approximate surface area is 120 Å². The Morgan fingerprint density at radius 2 is 1.90 bits per heavy atom. The van der Waals surface area contributed by atoms with Gasteiger partial charge in [-0.1, -0.05) is 24.2 Å². The van der Waals surface area contributed by atoms with Crippen molar-refractivity contribution in [1.29, 1.82) is 0 Å². The van der Waals surface area contributed by atoms with Gasteiger partial charge in [-0.25, -0.2) is 8.42 Å². The maximum Gasteiger partial charge on any atom is 0.153 e. The van der Waals surface area contributed by atoms with Crippen LogP contribution in [0.25, 0.3) is 0 Å². The van der Waals surface area contributed by atoms with Crippen molar-refractivity contribution in [2.24, 2.45) is 5.16 Å². The molecule has 0 aliphatic rings. The van der Waals surface area contributed by atoms with Crippen LogP contribution < -0.4 is 4.74 Å². The summed E-state index contributed by atoms with van der Waals surface area (Å²) in [5.41, 5.74) is 1.63. The number of benzene rings is 1. The van der Waals surface area contributed by atoms with E-state index in [9.17, 15) is 8.42 Å². The number of oxime groups is 1. The minimum absolute atomic E-state index is 0.0405. The van der Waals surface area contributed by atoms with Gasteiger partial charge in [-0.15, -0.1) is 0 Å². The molecule has 0 fully saturated rings. The second-order valence-electron chi connectivity index (χ2n) is 4.66. The van der Waals surface area contributed by atoms with E-state index in [1.165, 1.54) is 0 Å². The fourth-order valence-corrected chi connectivity index (χ4v) is 2.90. The highest BCUT2D eigenvalue weighted by Crippen LogP contribution is 2.13. The van der Waals surface area contributed by atoms with Crippen LogP contribution in [-0.2, 0) is 16.3 Å². The van der Waals surface area contributed by atoms with Gasteiger partial charge in [0.1, 0.15) is 12.4 Å². The van der Waals surface area contributed by atoms with E-state index in [2.05, 4.69) is 5.16 Å². The predicted octanol–water partition coefficient (Wildman–Crippen LogP) is 2.28. The Hall–Kier alpha value is -1.56. The minimum atomic E-state index is -3.00. The zero-order chi connectivity index (χ0) is 15.0.